The number of para-hydroxylation sites is 2. The molecule has 0 spiro atoms. The molecule has 3 aromatic carbocycles. The molecule has 4 rings (SSSR count). The van der Waals surface area contributed by atoms with E-state index in [1.54, 1.807) is 0 Å². The molecule has 0 unspecified atom stereocenters. The van der Waals surface area contributed by atoms with Crippen LogP contribution in [0.5, 0.6) is 0 Å². The molecule has 1 N–H and O–H groups in total. The van der Waals surface area contributed by atoms with E-state index in [4.69, 9.17) is 28.2 Å². The van der Waals surface area contributed by atoms with Gasteiger partial charge in [-0.05, 0) is 35.9 Å². The molecule has 4 aromatic rings. The van der Waals surface area contributed by atoms with Gasteiger partial charge >= 0.3 is 0 Å². The third-order valence-corrected chi connectivity index (χ3v) is 4.55. The molecule has 0 bridgehead atoms. The van der Waals surface area contributed by atoms with Crippen molar-refractivity contribution in [2.24, 2.45) is 0 Å². The van der Waals surface area contributed by atoms with E-state index in [-0.39, 0.29) is 5.88 Å². The molecule has 26 heavy (non-hydrogen) atoms. The highest BCUT2D eigenvalue weighted by Crippen LogP contribution is 2.27. The molecule has 0 atom stereocenters. The molecule has 1 aromatic heterocycles. The van der Waals surface area contributed by atoms with Gasteiger partial charge in [0.25, 0.3) is 0 Å². The summed E-state index contributed by atoms with van der Waals surface area (Å²) in [5.74, 6) is 0.774. The predicted octanol–water partition coefficient (Wildman–Crippen LogP) is 6.29. The maximum atomic E-state index is 6.30. The van der Waals surface area contributed by atoms with Gasteiger partial charge in [0.05, 0.1) is 28.1 Å². The van der Waals surface area contributed by atoms with Gasteiger partial charge in [0.1, 0.15) is 5.82 Å². The van der Waals surface area contributed by atoms with E-state index in [1.807, 2.05) is 60.7 Å². The second kappa shape index (κ2) is 7.32. The van der Waals surface area contributed by atoms with Crippen LogP contribution in [0.2, 0.25) is 5.02 Å². The van der Waals surface area contributed by atoms with Crippen LogP contribution in [0.15, 0.2) is 72.8 Å². The van der Waals surface area contributed by atoms with E-state index in [0.29, 0.717) is 10.8 Å². The summed E-state index contributed by atoms with van der Waals surface area (Å²) in [6.45, 7) is 0. The molecule has 3 nitrogen and oxygen atoms in total. The van der Waals surface area contributed by atoms with E-state index in [0.717, 1.165) is 33.2 Å². The predicted molar refractivity (Wildman–Crippen MR) is 109 cm³/mol. The summed E-state index contributed by atoms with van der Waals surface area (Å²) >= 11 is 12.4. The van der Waals surface area contributed by atoms with Crippen molar-refractivity contribution in [3.63, 3.8) is 0 Å². The minimum absolute atomic E-state index is 0.219. The van der Waals surface area contributed by atoms with Crippen molar-refractivity contribution in [1.29, 1.82) is 0 Å². The van der Waals surface area contributed by atoms with Crippen molar-refractivity contribution in [2.75, 3.05) is 0 Å². The van der Waals surface area contributed by atoms with Gasteiger partial charge in [-0.1, -0.05) is 54.1 Å². The number of benzene rings is 3. The molecule has 0 aliphatic heterocycles. The summed E-state index contributed by atoms with van der Waals surface area (Å²) < 4.78 is 0. The van der Waals surface area contributed by atoms with Gasteiger partial charge in [-0.15, -0.1) is 11.6 Å². The zero-order chi connectivity index (χ0) is 17.9. The van der Waals surface area contributed by atoms with Gasteiger partial charge in [-0.3, -0.25) is 0 Å². The SMILES string of the molecule is ClCc1nc2ccccc2[nH]c(-c2ccccc2)c2cc(Cl)ccc2n1. The van der Waals surface area contributed by atoms with Crippen LogP contribution in [0, 0.1) is 0 Å². The van der Waals surface area contributed by atoms with Crippen LogP contribution in [0.25, 0.3) is 33.2 Å². The molecule has 0 fully saturated rings. The van der Waals surface area contributed by atoms with E-state index in [1.165, 1.54) is 0 Å². The lowest BCUT2D eigenvalue weighted by atomic mass is 10.1. The van der Waals surface area contributed by atoms with Crippen LogP contribution in [0.4, 0.5) is 0 Å². The Hall–Kier alpha value is -2.62. The van der Waals surface area contributed by atoms with Crippen molar-refractivity contribution < 1.29 is 0 Å². The summed E-state index contributed by atoms with van der Waals surface area (Å²) in [6, 6.07) is 23.6. The topological polar surface area (TPSA) is 41.6 Å². The van der Waals surface area contributed by atoms with Crippen LogP contribution in [0.3, 0.4) is 0 Å². The smallest absolute Gasteiger partial charge is 0.144 e. The standard InChI is InChI=1S/C21H15Cl2N3/c22-13-20-24-17-11-10-15(23)12-16(17)21(14-6-2-1-3-7-14)26-19-9-5-4-8-18(19)25-20/h1-12,26H,13H2. The first kappa shape index (κ1) is 16.8. The van der Waals surface area contributed by atoms with Gasteiger partial charge in [-0.25, -0.2) is 9.97 Å². The van der Waals surface area contributed by atoms with Gasteiger partial charge < -0.3 is 4.98 Å². The highest BCUT2D eigenvalue weighted by molar-refractivity contribution is 6.31. The fourth-order valence-corrected chi connectivity index (χ4v) is 3.17. The highest BCUT2D eigenvalue weighted by atomic mass is 35.5. The summed E-state index contributed by atoms with van der Waals surface area (Å²) in [7, 11) is 0. The Morgan fingerprint density at radius 1 is 0.808 bits per heavy atom. The number of nitrogens with one attached hydrogen (secondary N) is 1. The Bertz CT molecular complexity index is 1140. The minimum atomic E-state index is 0.219. The molecule has 0 aliphatic rings. The summed E-state index contributed by atoms with van der Waals surface area (Å²) in [5.41, 5.74) is 4.41. The van der Waals surface area contributed by atoms with Crippen LogP contribution in [-0.4, -0.2) is 15.0 Å². The summed E-state index contributed by atoms with van der Waals surface area (Å²) in [4.78, 5) is 12.9. The number of fused-ring (bicyclic) bond motifs is 2. The summed E-state index contributed by atoms with van der Waals surface area (Å²) in [6.07, 6.45) is 0. The number of halogens is 2. The second-order valence-corrected chi connectivity index (χ2v) is 6.52. The Balaban J connectivity index is 2.26. The molecular weight excluding hydrogens is 365 g/mol. The molecule has 0 radical (unpaired) electrons. The number of alkyl halides is 1. The van der Waals surface area contributed by atoms with Crippen LogP contribution >= 0.6 is 23.2 Å². The molecule has 0 saturated heterocycles. The normalized spacial score (nSPS) is 10.8. The fourth-order valence-electron chi connectivity index (χ4n) is 2.88. The Morgan fingerprint density at radius 2 is 1.54 bits per heavy atom. The monoisotopic (exact) mass is 379 g/mol. The van der Waals surface area contributed by atoms with Crippen LogP contribution < -0.4 is 0 Å². The average Bonchev–Trinajstić information content (AvgIpc) is 2.74. The number of H-pyrrole nitrogens is 1. The first-order chi connectivity index (χ1) is 12.7. The number of rotatable bonds is 2. The number of hydrogen-bond donors (Lipinski definition) is 1. The lowest BCUT2D eigenvalue weighted by molar-refractivity contribution is 1.10. The van der Waals surface area contributed by atoms with Gasteiger partial charge in [0, 0.05) is 10.4 Å². The van der Waals surface area contributed by atoms with Crippen LogP contribution in [-0.2, 0) is 5.88 Å². The molecule has 0 amide bonds. The molecule has 0 saturated carbocycles. The molecule has 5 heteroatoms. The average molecular weight is 380 g/mol. The molecule has 0 aliphatic carbocycles. The lowest BCUT2D eigenvalue weighted by Crippen LogP contribution is -1.87. The first-order valence-electron chi connectivity index (χ1n) is 8.18. The zero-order valence-corrected chi connectivity index (χ0v) is 15.3. The lowest BCUT2D eigenvalue weighted by Gasteiger charge is -2.05. The fraction of sp³-hybridized carbons (Fsp3) is 0.0476. The number of aromatic amines is 1. The zero-order valence-electron chi connectivity index (χ0n) is 13.8. The Kier molecular flexibility index (Phi) is 4.74. The quantitative estimate of drug-likeness (QED) is 0.415. The van der Waals surface area contributed by atoms with E-state index >= 15 is 0 Å². The van der Waals surface area contributed by atoms with Gasteiger partial charge in [0.2, 0.25) is 0 Å². The summed E-state index contributed by atoms with van der Waals surface area (Å²) in [5, 5.41) is 1.55. The van der Waals surface area contributed by atoms with Crippen molar-refractivity contribution in [1.82, 2.24) is 15.0 Å². The minimum Gasteiger partial charge on any atom is -0.353 e. The number of hydrogen-bond acceptors (Lipinski definition) is 2. The third-order valence-electron chi connectivity index (χ3n) is 4.07. The highest BCUT2D eigenvalue weighted by Gasteiger charge is 2.07. The van der Waals surface area contributed by atoms with Crippen molar-refractivity contribution in [3.8, 4) is 11.3 Å². The largest absolute Gasteiger partial charge is 0.353 e. The van der Waals surface area contributed by atoms with E-state index < -0.39 is 0 Å². The maximum Gasteiger partial charge on any atom is 0.144 e. The van der Waals surface area contributed by atoms with Crippen molar-refractivity contribution in [3.05, 3.63) is 83.6 Å². The molecule has 128 valence electrons. The van der Waals surface area contributed by atoms with Crippen molar-refractivity contribution >= 4 is 45.1 Å². The second-order valence-electron chi connectivity index (χ2n) is 5.82. The van der Waals surface area contributed by atoms with Gasteiger partial charge in [-0.2, -0.15) is 0 Å². The third kappa shape index (κ3) is 3.36. The maximum absolute atomic E-state index is 6.30. The van der Waals surface area contributed by atoms with E-state index in [9.17, 15) is 0 Å². The molecule has 1 heterocycles. The van der Waals surface area contributed by atoms with Gasteiger partial charge in [0.15, 0.2) is 0 Å². The molecular formula is C21H15Cl2N3. The Labute approximate surface area is 161 Å². The van der Waals surface area contributed by atoms with Crippen LogP contribution in [0.1, 0.15) is 5.82 Å². The number of nitrogens with zero attached hydrogens (tertiary/aromatic N) is 2. The first-order valence-corrected chi connectivity index (χ1v) is 9.09. The Morgan fingerprint density at radius 3 is 2.35 bits per heavy atom. The van der Waals surface area contributed by atoms with E-state index in [2.05, 4.69) is 22.1 Å². The van der Waals surface area contributed by atoms with Crippen molar-refractivity contribution in [2.45, 2.75) is 5.88 Å². The number of aromatic nitrogens is 3.